The van der Waals surface area contributed by atoms with Crippen LogP contribution in [0.15, 0.2) is 54.6 Å². The number of hydrogen-bond acceptors (Lipinski definition) is 4. The topological polar surface area (TPSA) is 50.8 Å². The average molecular weight is 354 g/mol. The first-order chi connectivity index (χ1) is 12.8. The van der Waals surface area contributed by atoms with E-state index in [9.17, 15) is 4.79 Å². The van der Waals surface area contributed by atoms with E-state index in [1.807, 2.05) is 54.4 Å². The van der Waals surface area contributed by atoms with Gasteiger partial charge in [0, 0.05) is 25.1 Å². The van der Waals surface area contributed by atoms with Crippen molar-refractivity contribution in [1.29, 1.82) is 0 Å². The molecule has 1 amide bonds. The summed E-state index contributed by atoms with van der Waals surface area (Å²) in [4.78, 5) is 14.5. The second kappa shape index (κ2) is 9.36. The Labute approximate surface area is 154 Å². The quantitative estimate of drug-likeness (QED) is 0.831. The lowest BCUT2D eigenvalue weighted by Crippen LogP contribution is -2.40. The van der Waals surface area contributed by atoms with E-state index >= 15 is 0 Å². The van der Waals surface area contributed by atoms with Crippen LogP contribution in [0, 0.1) is 0 Å². The van der Waals surface area contributed by atoms with E-state index in [-0.39, 0.29) is 12.0 Å². The van der Waals surface area contributed by atoms with Crippen LogP contribution in [0.5, 0.6) is 5.75 Å². The molecule has 138 valence electrons. The molecule has 0 aromatic heterocycles. The molecule has 2 aromatic carbocycles. The van der Waals surface area contributed by atoms with Crippen LogP contribution in [0.3, 0.4) is 0 Å². The Morgan fingerprint density at radius 1 is 1.15 bits per heavy atom. The number of nitrogens with zero attached hydrogens (tertiary/aromatic N) is 1. The molecule has 26 heavy (non-hydrogen) atoms. The van der Waals surface area contributed by atoms with Crippen molar-refractivity contribution in [2.24, 2.45) is 0 Å². The highest BCUT2D eigenvalue weighted by molar-refractivity contribution is 5.94. The molecule has 1 aliphatic heterocycles. The van der Waals surface area contributed by atoms with E-state index in [0.717, 1.165) is 18.5 Å². The summed E-state index contributed by atoms with van der Waals surface area (Å²) >= 11 is 0. The molecule has 1 atom stereocenters. The number of morpholine rings is 1. The average Bonchev–Trinajstić information content (AvgIpc) is 2.72. The predicted molar refractivity (Wildman–Crippen MR) is 102 cm³/mol. The number of nitrogens with one attached hydrogen (secondary N) is 1. The molecule has 1 saturated heterocycles. The second-order valence-electron chi connectivity index (χ2n) is 6.34. The molecule has 1 fully saturated rings. The second-order valence-corrected chi connectivity index (χ2v) is 6.34. The highest BCUT2D eigenvalue weighted by atomic mass is 16.5. The van der Waals surface area contributed by atoms with Crippen LogP contribution < -0.4 is 10.1 Å². The Morgan fingerprint density at radius 3 is 2.65 bits per heavy atom. The van der Waals surface area contributed by atoms with Crippen LogP contribution in [0.25, 0.3) is 0 Å². The van der Waals surface area contributed by atoms with Crippen molar-refractivity contribution in [3.05, 3.63) is 65.7 Å². The normalized spacial score (nSPS) is 15.5. The van der Waals surface area contributed by atoms with Gasteiger partial charge in [-0.3, -0.25) is 4.79 Å². The zero-order chi connectivity index (χ0) is 18.2. The smallest absolute Gasteiger partial charge is 0.254 e. The molecule has 1 unspecified atom stereocenters. The van der Waals surface area contributed by atoms with Gasteiger partial charge in [0.1, 0.15) is 11.9 Å². The van der Waals surface area contributed by atoms with Gasteiger partial charge in [-0.15, -0.1) is 0 Å². The molecule has 0 bridgehead atoms. The van der Waals surface area contributed by atoms with Crippen LogP contribution in [0.4, 0.5) is 0 Å². The molecular weight excluding hydrogens is 328 g/mol. The minimum Gasteiger partial charge on any atom is -0.486 e. The first-order valence-electron chi connectivity index (χ1n) is 9.11. The van der Waals surface area contributed by atoms with Crippen molar-refractivity contribution >= 4 is 5.91 Å². The van der Waals surface area contributed by atoms with Crippen LogP contribution in [-0.4, -0.2) is 50.7 Å². The van der Waals surface area contributed by atoms with Gasteiger partial charge in [-0.2, -0.15) is 0 Å². The summed E-state index contributed by atoms with van der Waals surface area (Å²) < 4.78 is 11.6. The van der Waals surface area contributed by atoms with Crippen LogP contribution in [-0.2, 0) is 4.74 Å². The molecule has 1 aliphatic rings. The summed E-state index contributed by atoms with van der Waals surface area (Å²) in [6.45, 7) is 3.33. The maximum atomic E-state index is 12.7. The number of ether oxygens (including phenoxy) is 2. The lowest BCUT2D eigenvalue weighted by atomic mass is 10.1. The van der Waals surface area contributed by atoms with Crippen molar-refractivity contribution in [3.8, 4) is 5.75 Å². The van der Waals surface area contributed by atoms with E-state index in [2.05, 4.69) is 17.4 Å². The first-order valence-corrected chi connectivity index (χ1v) is 9.11. The van der Waals surface area contributed by atoms with Crippen LogP contribution in [0.1, 0.15) is 28.4 Å². The van der Waals surface area contributed by atoms with Crippen molar-refractivity contribution in [3.63, 3.8) is 0 Å². The van der Waals surface area contributed by atoms with Crippen molar-refractivity contribution < 1.29 is 14.3 Å². The van der Waals surface area contributed by atoms with Crippen molar-refractivity contribution in [2.75, 3.05) is 39.9 Å². The third-order valence-corrected chi connectivity index (χ3v) is 4.49. The van der Waals surface area contributed by atoms with Gasteiger partial charge in [0.15, 0.2) is 0 Å². The molecule has 0 spiro atoms. The lowest BCUT2D eigenvalue weighted by molar-refractivity contribution is 0.0302. The summed E-state index contributed by atoms with van der Waals surface area (Å²) in [6.07, 6.45) is 0.791. The minimum absolute atomic E-state index is 0.0326. The van der Waals surface area contributed by atoms with E-state index in [1.165, 1.54) is 0 Å². The molecule has 0 aliphatic carbocycles. The van der Waals surface area contributed by atoms with Gasteiger partial charge < -0.3 is 19.7 Å². The summed E-state index contributed by atoms with van der Waals surface area (Å²) in [7, 11) is 1.93. The lowest BCUT2D eigenvalue weighted by Gasteiger charge is -2.27. The van der Waals surface area contributed by atoms with E-state index in [1.54, 1.807) is 0 Å². The maximum absolute atomic E-state index is 12.7. The zero-order valence-corrected chi connectivity index (χ0v) is 15.2. The molecule has 3 rings (SSSR count). The highest BCUT2D eigenvalue weighted by Gasteiger charge is 2.19. The Balaban J connectivity index is 1.74. The molecule has 1 heterocycles. The van der Waals surface area contributed by atoms with Crippen LogP contribution in [0.2, 0.25) is 0 Å². The monoisotopic (exact) mass is 354 g/mol. The molecule has 5 heteroatoms. The predicted octanol–water partition coefficient (Wildman–Crippen LogP) is 2.89. The van der Waals surface area contributed by atoms with E-state index in [0.29, 0.717) is 37.6 Å². The Hall–Kier alpha value is -2.37. The fourth-order valence-corrected chi connectivity index (χ4v) is 3.05. The van der Waals surface area contributed by atoms with Gasteiger partial charge in [-0.25, -0.2) is 0 Å². The molecule has 0 radical (unpaired) electrons. The van der Waals surface area contributed by atoms with Gasteiger partial charge in [0.05, 0.1) is 13.2 Å². The van der Waals surface area contributed by atoms with E-state index in [4.69, 9.17) is 9.47 Å². The Bertz CT molecular complexity index is 699. The molecule has 2 aromatic rings. The third-order valence-electron chi connectivity index (χ3n) is 4.49. The van der Waals surface area contributed by atoms with Crippen molar-refractivity contribution in [2.45, 2.75) is 12.5 Å². The standard InChI is InChI=1S/C21H26N2O3/c1-22-11-10-20(17-6-3-2-4-7-17)26-19-9-5-8-18(16-19)21(24)23-12-14-25-15-13-23/h2-9,16,20,22H,10-15H2,1H3. The van der Waals surface area contributed by atoms with Crippen molar-refractivity contribution in [1.82, 2.24) is 10.2 Å². The summed E-state index contributed by atoms with van der Waals surface area (Å²) in [5, 5.41) is 3.17. The first kappa shape index (κ1) is 18.4. The summed E-state index contributed by atoms with van der Waals surface area (Å²) in [5.41, 5.74) is 1.79. The molecule has 0 saturated carbocycles. The number of hydrogen-bond donors (Lipinski definition) is 1. The van der Waals surface area contributed by atoms with E-state index < -0.39 is 0 Å². The highest BCUT2D eigenvalue weighted by Crippen LogP contribution is 2.25. The molecule has 5 nitrogen and oxygen atoms in total. The van der Waals surface area contributed by atoms with Gasteiger partial charge in [0.25, 0.3) is 5.91 Å². The molecule has 1 N–H and O–H groups in total. The zero-order valence-electron chi connectivity index (χ0n) is 15.2. The van der Waals surface area contributed by atoms with Crippen LogP contribution >= 0.6 is 0 Å². The summed E-state index contributed by atoms with van der Waals surface area (Å²) in [6, 6.07) is 17.6. The van der Waals surface area contributed by atoms with Gasteiger partial charge in [0.2, 0.25) is 0 Å². The van der Waals surface area contributed by atoms with Gasteiger partial charge in [-0.1, -0.05) is 36.4 Å². The third kappa shape index (κ3) is 4.84. The number of amides is 1. The fourth-order valence-electron chi connectivity index (χ4n) is 3.05. The Kier molecular flexibility index (Phi) is 6.63. The Morgan fingerprint density at radius 2 is 1.92 bits per heavy atom. The maximum Gasteiger partial charge on any atom is 0.254 e. The number of rotatable bonds is 7. The SMILES string of the molecule is CNCCC(Oc1cccc(C(=O)N2CCOCC2)c1)c1ccccc1. The number of carbonyl (C=O) groups excluding carboxylic acids is 1. The fraction of sp³-hybridized carbons (Fsp3) is 0.381. The van der Waals surface area contributed by atoms with Gasteiger partial charge in [-0.05, 0) is 37.4 Å². The minimum atomic E-state index is -0.0580. The summed E-state index contributed by atoms with van der Waals surface area (Å²) in [5.74, 6) is 0.749. The number of carbonyl (C=O) groups is 1. The largest absolute Gasteiger partial charge is 0.486 e. The number of benzene rings is 2. The van der Waals surface area contributed by atoms with Gasteiger partial charge >= 0.3 is 0 Å². The molecular formula is C21H26N2O3.